The SMILES string of the molecule is CCOc1ccccc1N1CCCC(CO)(NC)C1. The molecule has 4 heteroatoms. The second-order valence-electron chi connectivity index (χ2n) is 5.11. The van der Waals surface area contributed by atoms with E-state index in [4.69, 9.17) is 4.74 Å². The van der Waals surface area contributed by atoms with Crippen LogP contribution in [0.25, 0.3) is 0 Å². The molecule has 0 amide bonds. The highest BCUT2D eigenvalue weighted by Gasteiger charge is 2.34. The largest absolute Gasteiger partial charge is 0.492 e. The van der Waals surface area contributed by atoms with Crippen LogP contribution in [0.5, 0.6) is 5.75 Å². The summed E-state index contributed by atoms with van der Waals surface area (Å²) >= 11 is 0. The van der Waals surface area contributed by atoms with Crippen molar-refractivity contribution >= 4 is 5.69 Å². The van der Waals surface area contributed by atoms with E-state index in [1.54, 1.807) is 0 Å². The molecule has 2 rings (SSSR count). The molecule has 0 aromatic heterocycles. The number of benzene rings is 1. The van der Waals surface area contributed by atoms with Crippen LogP contribution in [0.15, 0.2) is 24.3 Å². The highest BCUT2D eigenvalue weighted by molar-refractivity contribution is 5.59. The zero-order chi connectivity index (χ0) is 13.7. The van der Waals surface area contributed by atoms with Gasteiger partial charge in [-0.1, -0.05) is 12.1 Å². The summed E-state index contributed by atoms with van der Waals surface area (Å²) in [6, 6.07) is 8.13. The molecule has 4 nitrogen and oxygen atoms in total. The molecule has 19 heavy (non-hydrogen) atoms. The summed E-state index contributed by atoms with van der Waals surface area (Å²) in [5.74, 6) is 0.926. The van der Waals surface area contributed by atoms with Gasteiger partial charge < -0.3 is 20.1 Å². The normalized spacial score (nSPS) is 23.4. The van der Waals surface area contributed by atoms with E-state index in [9.17, 15) is 5.11 Å². The molecule has 106 valence electrons. The predicted molar refractivity (Wildman–Crippen MR) is 77.9 cm³/mol. The first-order valence-corrected chi connectivity index (χ1v) is 7.01. The molecule has 1 aliphatic heterocycles. The summed E-state index contributed by atoms with van der Waals surface area (Å²) in [4.78, 5) is 2.31. The zero-order valence-electron chi connectivity index (χ0n) is 11.9. The Morgan fingerprint density at radius 1 is 1.42 bits per heavy atom. The number of aliphatic hydroxyl groups excluding tert-OH is 1. The molecule has 1 fully saturated rings. The second-order valence-corrected chi connectivity index (χ2v) is 5.11. The van der Waals surface area contributed by atoms with Gasteiger partial charge >= 0.3 is 0 Å². The molecular weight excluding hydrogens is 240 g/mol. The average molecular weight is 264 g/mol. The quantitative estimate of drug-likeness (QED) is 0.848. The lowest BCUT2D eigenvalue weighted by Crippen LogP contribution is -2.58. The Bertz CT molecular complexity index is 405. The predicted octanol–water partition coefficient (Wildman–Crippen LogP) is 1.64. The topological polar surface area (TPSA) is 44.7 Å². The van der Waals surface area contributed by atoms with E-state index in [1.807, 2.05) is 32.2 Å². The van der Waals surface area contributed by atoms with Crippen molar-refractivity contribution < 1.29 is 9.84 Å². The van der Waals surface area contributed by atoms with Crippen LogP contribution >= 0.6 is 0 Å². The third-order valence-corrected chi connectivity index (χ3v) is 3.92. The van der Waals surface area contributed by atoms with Crippen molar-refractivity contribution in [1.29, 1.82) is 0 Å². The summed E-state index contributed by atoms with van der Waals surface area (Å²) in [7, 11) is 1.92. The fraction of sp³-hybridized carbons (Fsp3) is 0.600. The van der Waals surface area contributed by atoms with E-state index >= 15 is 0 Å². The minimum atomic E-state index is -0.197. The Morgan fingerprint density at radius 3 is 2.89 bits per heavy atom. The Morgan fingerprint density at radius 2 is 2.21 bits per heavy atom. The number of aliphatic hydroxyl groups is 1. The lowest BCUT2D eigenvalue weighted by molar-refractivity contribution is 0.149. The van der Waals surface area contributed by atoms with Crippen molar-refractivity contribution in [2.24, 2.45) is 0 Å². The summed E-state index contributed by atoms with van der Waals surface area (Å²) < 4.78 is 5.70. The van der Waals surface area contributed by atoms with Gasteiger partial charge in [0.25, 0.3) is 0 Å². The van der Waals surface area contributed by atoms with Gasteiger partial charge in [0.15, 0.2) is 0 Å². The minimum absolute atomic E-state index is 0.163. The Labute approximate surface area is 115 Å². The van der Waals surface area contributed by atoms with Crippen LogP contribution < -0.4 is 15.0 Å². The van der Waals surface area contributed by atoms with Crippen LogP contribution in [0.2, 0.25) is 0 Å². The molecule has 0 saturated carbocycles. The number of hydrogen-bond acceptors (Lipinski definition) is 4. The van der Waals surface area contributed by atoms with Gasteiger partial charge in [0.05, 0.1) is 24.4 Å². The first-order valence-electron chi connectivity index (χ1n) is 7.01. The number of rotatable bonds is 5. The van der Waals surface area contributed by atoms with Crippen LogP contribution in [-0.2, 0) is 0 Å². The van der Waals surface area contributed by atoms with E-state index in [0.717, 1.165) is 37.4 Å². The van der Waals surface area contributed by atoms with E-state index < -0.39 is 0 Å². The second kappa shape index (κ2) is 6.26. The van der Waals surface area contributed by atoms with Gasteiger partial charge in [-0.3, -0.25) is 0 Å². The van der Waals surface area contributed by atoms with Crippen molar-refractivity contribution in [1.82, 2.24) is 5.32 Å². The molecule has 0 bridgehead atoms. The van der Waals surface area contributed by atoms with Crippen molar-refractivity contribution in [2.75, 3.05) is 38.3 Å². The lowest BCUT2D eigenvalue weighted by Gasteiger charge is -2.43. The number of hydrogen-bond donors (Lipinski definition) is 2. The van der Waals surface area contributed by atoms with Crippen molar-refractivity contribution in [2.45, 2.75) is 25.3 Å². The van der Waals surface area contributed by atoms with Gasteiger partial charge in [0.2, 0.25) is 0 Å². The van der Waals surface area contributed by atoms with Gasteiger partial charge in [-0.2, -0.15) is 0 Å². The molecule has 1 atom stereocenters. The third kappa shape index (κ3) is 3.01. The number of likely N-dealkylation sites (N-methyl/N-ethyl adjacent to an activating group) is 1. The molecule has 1 saturated heterocycles. The van der Waals surface area contributed by atoms with E-state index in [1.165, 1.54) is 0 Å². The third-order valence-electron chi connectivity index (χ3n) is 3.92. The van der Waals surface area contributed by atoms with Crippen LogP contribution in [-0.4, -0.2) is 44.0 Å². The fourth-order valence-electron chi connectivity index (χ4n) is 2.75. The lowest BCUT2D eigenvalue weighted by atomic mass is 9.89. The van der Waals surface area contributed by atoms with Crippen LogP contribution in [0.4, 0.5) is 5.69 Å². The van der Waals surface area contributed by atoms with Gasteiger partial charge in [-0.25, -0.2) is 0 Å². The minimum Gasteiger partial charge on any atom is -0.492 e. The van der Waals surface area contributed by atoms with Crippen LogP contribution in [0.1, 0.15) is 19.8 Å². The van der Waals surface area contributed by atoms with Crippen molar-refractivity contribution in [3.63, 3.8) is 0 Å². The fourth-order valence-corrected chi connectivity index (χ4v) is 2.75. The van der Waals surface area contributed by atoms with Gasteiger partial charge in [-0.05, 0) is 38.9 Å². The monoisotopic (exact) mass is 264 g/mol. The Balaban J connectivity index is 2.21. The summed E-state index contributed by atoms with van der Waals surface area (Å²) in [6.45, 7) is 4.65. The molecule has 1 heterocycles. The van der Waals surface area contributed by atoms with Crippen LogP contribution in [0.3, 0.4) is 0 Å². The highest BCUT2D eigenvalue weighted by Crippen LogP contribution is 2.32. The standard InChI is InChI=1S/C15H24N2O2/c1-3-19-14-8-5-4-7-13(14)17-10-6-9-15(11-17,12-18)16-2/h4-5,7-8,16,18H,3,6,9-12H2,1-2H3. The van der Waals surface area contributed by atoms with Gasteiger partial charge in [0, 0.05) is 13.1 Å². The molecule has 2 N–H and O–H groups in total. The van der Waals surface area contributed by atoms with Gasteiger partial charge in [-0.15, -0.1) is 0 Å². The van der Waals surface area contributed by atoms with E-state index in [0.29, 0.717) is 6.61 Å². The maximum atomic E-state index is 9.66. The van der Waals surface area contributed by atoms with E-state index in [-0.39, 0.29) is 12.1 Å². The summed E-state index contributed by atoms with van der Waals surface area (Å²) in [5, 5.41) is 12.9. The number of piperidine rings is 1. The molecule has 0 aliphatic carbocycles. The van der Waals surface area contributed by atoms with Gasteiger partial charge in [0.1, 0.15) is 5.75 Å². The zero-order valence-corrected chi connectivity index (χ0v) is 11.9. The maximum absolute atomic E-state index is 9.66. The maximum Gasteiger partial charge on any atom is 0.142 e. The van der Waals surface area contributed by atoms with Crippen molar-refractivity contribution in [3.8, 4) is 5.75 Å². The molecule has 1 aromatic rings. The number of anilines is 1. The number of nitrogens with zero attached hydrogens (tertiary/aromatic N) is 1. The molecule has 1 unspecified atom stereocenters. The molecular formula is C15H24N2O2. The summed E-state index contributed by atoms with van der Waals surface area (Å²) in [6.07, 6.45) is 2.08. The van der Waals surface area contributed by atoms with E-state index in [2.05, 4.69) is 16.3 Å². The molecule has 1 aromatic carbocycles. The molecule has 0 spiro atoms. The summed E-state index contributed by atoms with van der Waals surface area (Å²) in [5.41, 5.74) is 0.925. The first-order chi connectivity index (χ1) is 9.24. The number of nitrogens with one attached hydrogen (secondary N) is 1. The van der Waals surface area contributed by atoms with Crippen molar-refractivity contribution in [3.05, 3.63) is 24.3 Å². The average Bonchev–Trinajstić information content (AvgIpc) is 2.48. The Kier molecular flexibility index (Phi) is 4.66. The molecule has 1 aliphatic rings. The number of para-hydroxylation sites is 2. The molecule has 0 radical (unpaired) electrons. The number of ether oxygens (including phenoxy) is 1. The van der Waals surface area contributed by atoms with Crippen LogP contribution in [0, 0.1) is 0 Å². The highest BCUT2D eigenvalue weighted by atomic mass is 16.5. The first kappa shape index (κ1) is 14.2. The Hall–Kier alpha value is -1.26. The smallest absolute Gasteiger partial charge is 0.142 e.